The van der Waals surface area contributed by atoms with Crippen molar-refractivity contribution in [2.75, 3.05) is 37.2 Å². The molecule has 20 heavy (non-hydrogen) atoms. The van der Waals surface area contributed by atoms with E-state index in [1.165, 1.54) is 0 Å². The zero-order valence-corrected chi connectivity index (χ0v) is 12.4. The maximum absolute atomic E-state index is 12.3. The summed E-state index contributed by atoms with van der Waals surface area (Å²) in [5.74, 6) is -0.0430. The second kappa shape index (κ2) is 6.92. The van der Waals surface area contributed by atoms with Gasteiger partial charge < -0.3 is 16.4 Å². The third kappa shape index (κ3) is 3.85. The number of anilines is 2. The van der Waals surface area contributed by atoms with Gasteiger partial charge in [-0.2, -0.15) is 0 Å². The summed E-state index contributed by atoms with van der Waals surface area (Å²) in [5, 5.41) is 6.66. The summed E-state index contributed by atoms with van der Waals surface area (Å²) in [4.78, 5) is 14.5. The van der Waals surface area contributed by atoms with Crippen molar-refractivity contribution in [2.45, 2.75) is 19.4 Å². The van der Waals surface area contributed by atoms with Crippen molar-refractivity contribution in [1.29, 1.82) is 0 Å². The van der Waals surface area contributed by atoms with Gasteiger partial charge in [0.1, 0.15) is 0 Å². The number of halogens is 1. The molecule has 4 N–H and O–H groups in total. The summed E-state index contributed by atoms with van der Waals surface area (Å²) < 4.78 is 0. The minimum absolute atomic E-state index is 0.0430. The van der Waals surface area contributed by atoms with Gasteiger partial charge in [0.25, 0.3) is 0 Å². The quantitative estimate of drug-likeness (QED) is 0.740. The van der Waals surface area contributed by atoms with Crippen molar-refractivity contribution in [2.24, 2.45) is 0 Å². The van der Waals surface area contributed by atoms with Gasteiger partial charge in [0.2, 0.25) is 5.91 Å². The number of nitrogens with zero attached hydrogens (tertiary/aromatic N) is 1. The van der Waals surface area contributed by atoms with E-state index < -0.39 is 0 Å². The normalized spacial score (nSPS) is 18.3. The molecule has 0 saturated carbocycles. The standard InChI is InChI=1S/C14H21ClN4O/c1-10(19-7-2-5-17-6-8-19)14(20)18-13-4-3-11(16)9-12(13)15/h3-4,9-10,17H,2,5-8,16H2,1H3,(H,18,20). The Labute approximate surface area is 124 Å². The van der Waals surface area contributed by atoms with Crippen LogP contribution in [-0.4, -0.2) is 43.0 Å². The first-order valence-corrected chi connectivity index (χ1v) is 7.26. The van der Waals surface area contributed by atoms with Crippen molar-refractivity contribution in [3.05, 3.63) is 23.2 Å². The van der Waals surface area contributed by atoms with Gasteiger partial charge in [0.15, 0.2) is 0 Å². The van der Waals surface area contributed by atoms with E-state index in [1.54, 1.807) is 18.2 Å². The van der Waals surface area contributed by atoms with Crippen LogP contribution < -0.4 is 16.4 Å². The zero-order valence-electron chi connectivity index (χ0n) is 11.7. The second-order valence-corrected chi connectivity index (χ2v) is 5.45. The highest BCUT2D eigenvalue weighted by Crippen LogP contribution is 2.24. The topological polar surface area (TPSA) is 70.4 Å². The summed E-state index contributed by atoms with van der Waals surface area (Å²) in [6, 6.07) is 4.91. The predicted octanol–water partition coefficient (Wildman–Crippen LogP) is 1.54. The van der Waals surface area contributed by atoms with Crippen LogP contribution in [0.2, 0.25) is 5.02 Å². The highest BCUT2D eigenvalue weighted by molar-refractivity contribution is 6.34. The molecule has 1 aliphatic heterocycles. The lowest BCUT2D eigenvalue weighted by atomic mass is 10.2. The lowest BCUT2D eigenvalue weighted by Gasteiger charge is -2.26. The van der Waals surface area contributed by atoms with E-state index in [0.29, 0.717) is 16.4 Å². The summed E-state index contributed by atoms with van der Waals surface area (Å²) in [5.41, 5.74) is 6.83. The summed E-state index contributed by atoms with van der Waals surface area (Å²) in [7, 11) is 0. The number of nitrogen functional groups attached to an aromatic ring is 1. The lowest BCUT2D eigenvalue weighted by Crippen LogP contribution is -2.43. The first-order chi connectivity index (χ1) is 9.58. The van der Waals surface area contributed by atoms with Crippen LogP contribution in [-0.2, 0) is 4.79 Å². The molecule has 110 valence electrons. The number of carbonyl (C=O) groups is 1. The lowest BCUT2D eigenvalue weighted by molar-refractivity contribution is -0.120. The molecule has 0 bridgehead atoms. The molecule has 1 atom stereocenters. The third-order valence-corrected chi connectivity index (χ3v) is 3.87. The molecule has 1 saturated heterocycles. The van der Waals surface area contributed by atoms with Crippen molar-refractivity contribution in [1.82, 2.24) is 10.2 Å². The average Bonchev–Trinajstić information content (AvgIpc) is 2.70. The number of carbonyl (C=O) groups excluding carboxylic acids is 1. The Balaban J connectivity index is 1.99. The van der Waals surface area contributed by atoms with Crippen LogP contribution in [0.5, 0.6) is 0 Å². The number of rotatable bonds is 3. The zero-order chi connectivity index (χ0) is 14.5. The van der Waals surface area contributed by atoms with Crippen LogP contribution in [0.3, 0.4) is 0 Å². The van der Waals surface area contributed by atoms with Gasteiger partial charge >= 0.3 is 0 Å². The van der Waals surface area contributed by atoms with Gasteiger partial charge in [-0.15, -0.1) is 0 Å². The fourth-order valence-electron chi connectivity index (χ4n) is 2.29. The van der Waals surface area contributed by atoms with E-state index in [-0.39, 0.29) is 11.9 Å². The van der Waals surface area contributed by atoms with E-state index >= 15 is 0 Å². The average molecular weight is 297 g/mol. The Hall–Kier alpha value is -1.30. The Bertz CT molecular complexity index is 472. The van der Waals surface area contributed by atoms with Gasteiger partial charge in [-0.05, 0) is 38.1 Å². The van der Waals surface area contributed by atoms with Crippen LogP contribution in [0.15, 0.2) is 18.2 Å². The monoisotopic (exact) mass is 296 g/mol. The highest BCUT2D eigenvalue weighted by atomic mass is 35.5. The minimum atomic E-state index is -0.177. The Morgan fingerprint density at radius 2 is 2.25 bits per heavy atom. The van der Waals surface area contributed by atoms with Crippen molar-refractivity contribution >= 4 is 28.9 Å². The van der Waals surface area contributed by atoms with E-state index in [0.717, 1.165) is 32.6 Å². The fourth-order valence-corrected chi connectivity index (χ4v) is 2.53. The van der Waals surface area contributed by atoms with Crippen LogP contribution in [0.4, 0.5) is 11.4 Å². The molecule has 1 fully saturated rings. The largest absolute Gasteiger partial charge is 0.399 e. The van der Waals surface area contributed by atoms with E-state index in [1.807, 2.05) is 6.92 Å². The number of hydrogen-bond acceptors (Lipinski definition) is 4. The third-order valence-electron chi connectivity index (χ3n) is 3.55. The van der Waals surface area contributed by atoms with Gasteiger partial charge in [-0.3, -0.25) is 9.69 Å². The molecule has 1 amide bonds. The number of benzene rings is 1. The van der Waals surface area contributed by atoms with E-state index in [9.17, 15) is 4.79 Å². The Morgan fingerprint density at radius 3 is 3.00 bits per heavy atom. The molecule has 5 nitrogen and oxygen atoms in total. The number of amides is 1. The molecule has 0 radical (unpaired) electrons. The molecule has 0 spiro atoms. The molecular weight excluding hydrogens is 276 g/mol. The van der Waals surface area contributed by atoms with Crippen LogP contribution in [0, 0.1) is 0 Å². The van der Waals surface area contributed by atoms with Gasteiger partial charge in [0, 0.05) is 25.3 Å². The summed E-state index contributed by atoms with van der Waals surface area (Å²) in [6.45, 7) is 5.65. The van der Waals surface area contributed by atoms with Gasteiger partial charge in [0.05, 0.1) is 16.8 Å². The number of nitrogens with two attached hydrogens (primary N) is 1. The molecule has 1 unspecified atom stereocenters. The highest BCUT2D eigenvalue weighted by Gasteiger charge is 2.22. The molecule has 2 rings (SSSR count). The first-order valence-electron chi connectivity index (χ1n) is 6.88. The second-order valence-electron chi connectivity index (χ2n) is 5.04. The maximum atomic E-state index is 12.3. The van der Waals surface area contributed by atoms with Crippen LogP contribution in [0.25, 0.3) is 0 Å². The summed E-state index contributed by atoms with van der Waals surface area (Å²) >= 11 is 6.07. The molecule has 1 aromatic carbocycles. The Morgan fingerprint density at radius 1 is 1.45 bits per heavy atom. The fraction of sp³-hybridized carbons (Fsp3) is 0.500. The van der Waals surface area contributed by atoms with E-state index in [2.05, 4.69) is 15.5 Å². The molecule has 6 heteroatoms. The van der Waals surface area contributed by atoms with E-state index in [4.69, 9.17) is 17.3 Å². The molecule has 1 aromatic rings. The molecule has 0 aromatic heterocycles. The summed E-state index contributed by atoms with van der Waals surface area (Å²) in [6.07, 6.45) is 1.06. The smallest absolute Gasteiger partial charge is 0.241 e. The molecular formula is C14H21ClN4O. The van der Waals surface area contributed by atoms with Crippen molar-refractivity contribution in [3.8, 4) is 0 Å². The maximum Gasteiger partial charge on any atom is 0.241 e. The minimum Gasteiger partial charge on any atom is -0.399 e. The first kappa shape index (κ1) is 15.1. The molecule has 1 aliphatic rings. The van der Waals surface area contributed by atoms with Crippen molar-refractivity contribution < 1.29 is 4.79 Å². The van der Waals surface area contributed by atoms with Gasteiger partial charge in [-0.25, -0.2) is 0 Å². The SMILES string of the molecule is CC(C(=O)Nc1ccc(N)cc1Cl)N1CCCNCC1. The Kier molecular flexibility index (Phi) is 5.23. The number of nitrogens with one attached hydrogen (secondary N) is 2. The molecule has 0 aliphatic carbocycles. The van der Waals surface area contributed by atoms with Gasteiger partial charge in [-0.1, -0.05) is 11.6 Å². The predicted molar refractivity (Wildman–Crippen MR) is 83.0 cm³/mol. The number of hydrogen-bond donors (Lipinski definition) is 3. The van der Waals surface area contributed by atoms with Crippen LogP contribution in [0.1, 0.15) is 13.3 Å². The van der Waals surface area contributed by atoms with Crippen LogP contribution >= 0.6 is 11.6 Å². The molecule has 1 heterocycles. The van der Waals surface area contributed by atoms with Crippen molar-refractivity contribution in [3.63, 3.8) is 0 Å².